The van der Waals surface area contributed by atoms with Crippen molar-refractivity contribution in [3.63, 3.8) is 0 Å². The monoisotopic (exact) mass is 316 g/mol. The van der Waals surface area contributed by atoms with Crippen molar-refractivity contribution in [3.8, 4) is 0 Å². The van der Waals surface area contributed by atoms with Gasteiger partial charge >= 0.3 is 0 Å². The molecular weight excluding hydrogens is 296 g/mol. The molecule has 2 aromatic heterocycles. The van der Waals surface area contributed by atoms with E-state index in [1.54, 1.807) is 23.9 Å². The summed E-state index contributed by atoms with van der Waals surface area (Å²) in [4.78, 5) is 10.7. The Bertz CT molecular complexity index is 604. The molecule has 0 atom stereocenters. The van der Waals surface area contributed by atoms with Gasteiger partial charge in [-0.3, -0.25) is 4.90 Å². The summed E-state index contributed by atoms with van der Waals surface area (Å²) >= 11 is 1.80. The van der Waals surface area contributed by atoms with Crippen LogP contribution in [0.1, 0.15) is 41.6 Å². The minimum atomic E-state index is 0.502. The van der Waals surface area contributed by atoms with Gasteiger partial charge in [0.1, 0.15) is 22.2 Å². The number of aromatic nitrogens is 4. The molecule has 1 aliphatic heterocycles. The van der Waals surface area contributed by atoms with Gasteiger partial charge in [-0.1, -0.05) is 11.3 Å². The van der Waals surface area contributed by atoms with Crippen LogP contribution in [0.5, 0.6) is 0 Å². The van der Waals surface area contributed by atoms with Gasteiger partial charge in [0, 0.05) is 31.2 Å². The largest absolute Gasteiger partial charge is 0.367 e. The van der Waals surface area contributed by atoms with E-state index in [1.807, 2.05) is 6.07 Å². The van der Waals surface area contributed by atoms with Gasteiger partial charge in [0.2, 0.25) is 0 Å². The number of anilines is 1. The van der Waals surface area contributed by atoms with Crippen LogP contribution in [0.15, 0.2) is 18.6 Å². The maximum absolute atomic E-state index is 4.35. The fourth-order valence-electron chi connectivity index (χ4n) is 2.84. The quantitative estimate of drug-likeness (QED) is 0.913. The zero-order valence-corrected chi connectivity index (χ0v) is 13.3. The molecule has 1 saturated carbocycles. The molecule has 116 valence electrons. The van der Waals surface area contributed by atoms with Gasteiger partial charge in [0.05, 0.1) is 6.54 Å². The highest BCUT2D eigenvalue weighted by Crippen LogP contribution is 2.41. The molecular formula is C15H20N6S. The van der Waals surface area contributed by atoms with E-state index < -0.39 is 0 Å². The molecule has 1 N–H and O–H groups in total. The topological polar surface area (TPSA) is 66.8 Å². The van der Waals surface area contributed by atoms with Crippen molar-refractivity contribution in [1.82, 2.24) is 25.1 Å². The van der Waals surface area contributed by atoms with Crippen LogP contribution in [0.25, 0.3) is 0 Å². The molecule has 0 amide bonds. The first-order valence-corrected chi connectivity index (χ1v) is 8.75. The summed E-state index contributed by atoms with van der Waals surface area (Å²) in [5, 5.41) is 14.6. The molecule has 2 aromatic rings. The van der Waals surface area contributed by atoms with Crippen LogP contribution in [0.3, 0.4) is 0 Å². The van der Waals surface area contributed by atoms with Gasteiger partial charge in [-0.05, 0) is 31.7 Å². The summed E-state index contributed by atoms with van der Waals surface area (Å²) in [7, 11) is 0. The van der Waals surface area contributed by atoms with Crippen molar-refractivity contribution in [2.45, 2.75) is 44.2 Å². The number of nitrogens with one attached hydrogen (secondary N) is 1. The van der Waals surface area contributed by atoms with Crippen LogP contribution in [-0.4, -0.2) is 44.2 Å². The summed E-state index contributed by atoms with van der Waals surface area (Å²) in [6.07, 6.45) is 8.24. The van der Waals surface area contributed by atoms with E-state index in [-0.39, 0.29) is 0 Å². The maximum atomic E-state index is 4.35. The number of likely N-dealkylation sites (tertiary alicyclic amines) is 1. The highest BCUT2D eigenvalue weighted by Gasteiger charge is 2.28. The first kappa shape index (κ1) is 14.0. The lowest BCUT2D eigenvalue weighted by Crippen LogP contribution is -2.38. The van der Waals surface area contributed by atoms with Gasteiger partial charge in [0.25, 0.3) is 0 Å². The minimum Gasteiger partial charge on any atom is -0.367 e. The third-order valence-electron chi connectivity index (χ3n) is 4.29. The van der Waals surface area contributed by atoms with E-state index in [0.29, 0.717) is 12.0 Å². The number of hydrogen-bond acceptors (Lipinski definition) is 7. The van der Waals surface area contributed by atoms with Crippen molar-refractivity contribution in [2.75, 3.05) is 18.4 Å². The second-order valence-electron chi connectivity index (χ2n) is 6.10. The standard InChI is InChI=1S/C15H20N6S/c1-2-11(1)15-20-19-14(22-15)9-21-7-4-12(5-8-21)18-13-3-6-16-10-17-13/h3,6,10-12H,1-2,4-5,7-9H2,(H,16,17,18). The number of piperidine rings is 1. The number of nitrogens with zero attached hydrogens (tertiary/aromatic N) is 5. The average molecular weight is 316 g/mol. The van der Waals surface area contributed by atoms with Gasteiger partial charge < -0.3 is 5.32 Å². The zero-order chi connectivity index (χ0) is 14.8. The van der Waals surface area contributed by atoms with Crippen LogP contribution in [0.2, 0.25) is 0 Å². The molecule has 7 heteroatoms. The van der Waals surface area contributed by atoms with Crippen molar-refractivity contribution in [1.29, 1.82) is 0 Å². The van der Waals surface area contributed by atoms with Crippen LogP contribution >= 0.6 is 11.3 Å². The van der Waals surface area contributed by atoms with Crippen molar-refractivity contribution < 1.29 is 0 Å². The number of hydrogen-bond donors (Lipinski definition) is 1. The third kappa shape index (κ3) is 3.41. The summed E-state index contributed by atoms with van der Waals surface area (Å²) in [5.41, 5.74) is 0. The lowest BCUT2D eigenvalue weighted by atomic mass is 10.1. The molecule has 0 radical (unpaired) electrons. The smallest absolute Gasteiger partial charge is 0.131 e. The predicted octanol–water partition coefficient (Wildman–Crippen LogP) is 2.28. The minimum absolute atomic E-state index is 0.502. The van der Waals surface area contributed by atoms with Crippen LogP contribution in [0.4, 0.5) is 5.82 Å². The molecule has 22 heavy (non-hydrogen) atoms. The molecule has 4 rings (SSSR count). The molecule has 0 bridgehead atoms. The molecule has 0 aromatic carbocycles. The summed E-state index contributed by atoms with van der Waals surface area (Å²) in [6, 6.07) is 2.43. The Balaban J connectivity index is 1.26. The van der Waals surface area contributed by atoms with Crippen molar-refractivity contribution in [2.24, 2.45) is 0 Å². The van der Waals surface area contributed by atoms with E-state index in [2.05, 4.69) is 30.4 Å². The van der Waals surface area contributed by atoms with Gasteiger partial charge in [0.15, 0.2) is 0 Å². The Kier molecular flexibility index (Phi) is 3.99. The Morgan fingerprint density at radius 3 is 2.77 bits per heavy atom. The lowest BCUT2D eigenvalue weighted by Gasteiger charge is -2.31. The Morgan fingerprint density at radius 1 is 1.18 bits per heavy atom. The van der Waals surface area contributed by atoms with E-state index in [1.165, 1.54) is 22.9 Å². The summed E-state index contributed by atoms with van der Waals surface area (Å²) in [5.74, 6) is 1.64. The van der Waals surface area contributed by atoms with E-state index in [4.69, 9.17) is 0 Å². The summed E-state index contributed by atoms with van der Waals surface area (Å²) in [6.45, 7) is 3.15. The highest BCUT2D eigenvalue weighted by atomic mass is 32.1. The molecule has 0 unspecified atom stereocenters. The van der Waals surface area contributed by atoms with Gasteiger partial charge in [-0.2, -0.15) is 0 Å². The van der Waals surface area contributed by atoms with E-state index >= 15 is 0 Å². The summed E-state index contributed by atoms with van der Waals surface area (Å²) < 4.78 is 0. The fourth-order valence-corrected chi connectivity index (χ4v) is 3.89. The van der Waals surface area contributed by atoms with Gasteiger partial charge in [-0.25, -0.2) is 9.97 Å². The third-order valence-corrected chi connectivity index (χ3v) is 5.36. The predicted molar refractivity (Wildman–Crippen MR) is 85.8 cm³/mol. The van der Waals surface area contributed by atoms with Gasteiger partial charge in [-0.15, -0.1) is 10.2 Å². The molecule has 1 aliphatic carbocycles. The lowest BCUT2D eigenvalue weighted by molar-refractivity contribution is 0.210. The molecule has 1 saturated heterocycles. The molecule has 2 fully saturated rings. The zero-order valence-electron chi connectivity index (χ0n) is 12.5. The Hall–Kier alpha value is -1.60. The van der Waals surface area contributed by atoms with E-state index in [0.717, 1.165) is 38.3 Å². The molecule has 3 heterocycles. The van der Waals surface area contributed by atoms with Crippen molar-refractivity contribution >= 4 is 17.2 Å². The van der Waals surface area contributed by atoms with Crippen LogP contribution in [-0.2, 0) is 6.54 Å². The fraction of sp³-hybridized carbons (Fsp3) is 0.600. The maximum Gasteiger partial charge on any atom is 0.131 e. The normalized spacial score (nSPS) is 20.2. The molecule has 0 spiro atoms. The first-order chi connectivity index (χ1) is 10.9. The second-order valence-corrected chi connectivity index (χ2v) is 7.19. The molecule has 2 aliphatic rings. The first-order valence-electron chi connectivity index (χ1n) is 7.94. The van der Waals surface area contributed by atoms with Crippen molar-refractivity contribution in [3.05, 3.63) is 28.6 Å². The molecule has 6 nitrogen and oxygen atoms in total. The number of rotatable bonds is 5. The Labute approximate surface area is 134 Å². The SMILES string of the molecule is c1cc(NC2CCN(Cc3nnc(C4CC4)s3)CC2)ncn1. The second kappa shape index (κ2) is 6.26. The highest BCUT2D eigenvalue weighted by molar-refractivity contribution is 7.11. The van der Waals surface area contributed by atoms with Crippen LogP contribution < -0.4 is 5.32 Å². The Morgan fingerprint density at radius 2 is 2.05 bits per heavy atom. The van der Waals surface area contributed by atoms with E-state index in [9.17, 15) is 0 Å². The van der Waals surface area contributed by atoms with Crippen LogP contribution in [0, 0.1) is 0 Å². The average Bonchev–Trinajstić information content (AvgIpc) is 3.30.